The fourth-order valence-electron chi connectivity index (χ4n) is 2.10. The van der Waals surface area contributed by atoms with Gasteiger partial charge in [-0.25, -0.2) is 0 Å². The van der Waals surface area contributed by atoms with Crippen molar-refractivity contribution >= 4 is 5.91 Å². The van der Waals surface area contributed by atoms with E-state index in [2.05, 4.69) is 33.0 Å². The molecule has 19 heavy (non-hydrogen) atoms. The fraction of sp³-hybridized carbons (Fsp3) is 0.588. The number of benzene rings is 1. The Hall–Kier alpha value is -1.31. The summed E-state index contributed by atoms with van der Waals surface area (Å²) in [6.07, 6.45) is 4.70. The van der Waals surface area contributed by atoms with Crippen molar-refractivity contribution in [1.82, 2.24) is 5.32 Å². The van der Waals surface area contributed by atoms with Crippen LogP contribution in [0, 0.1) is 0 Å². The molecule has 1 rings (SSSR count). The van der Waals surface area contributed by atoms with Crippen LogP contribution in [-0.2, 0) is 0 Å². The van der Waals surface area contributed by atoms with Gasteiger partial charge in [0.25, 0.3) is 5.91 Å². The van der Waals surface area contributed by atoms with Crippen LogP contribution in [0.2, 0.25) is 0 Å². The molecule has 0 spiro atoms. The van der Waals surface area contributed by atoms with Gasteiger partial charge in [0.1, 0.15) is 0 Å². The van der Waals surface area contributed by atoms with E-state index in [9.17, 15) is 4.79 Å². The van der Waals surface area contributed by atoms with E-state index in [1.807, 2.05) is 24.3 Å². The van der Waals surface area contributed by atoms with E-state index in [0.717, 1.165) is 12.0 Å². The van der Waals surface area contributed by atoms with Crippen molar-refractivity contribution < 1.29 is 4.79 Å². The number of unbranched alkanes of at least 4 members (excludes halogenated alkanes) is 2. The predicted octanol–water partition coefficient (Wildman–Crippen LogP) is 4.51. The highest BCUT2D eigenvalue weighted by atomic mass is 16.1. The van der Waals surface area contributed by atoms with Gasteiger partial charge in [-0.2, -0.15) is 0 Å². The Morgan fingerprint density at radius 1 is 1.11 bits per heavy atom. The van der Waals surface area contributed by atoms with Crippen LogP contribution >= 0.6 is 0 Å². The molecule has 0 saturated carbocycles. The molecule has 0 aromatic heterocycles. The van der Waals surface area contributed by atoms with Crippen molar-refractivity contribution in [2.45, 2.75) is 65.3 Å². The summed E-state index contributed by atoms with van der Waals surface area (Å²) in [6.45, 7) is 8.59. The molecule has 0 radical (unpaired) electrons. The van der Waals surface area contributed by atoms with Gasteiger partial charge in [-0.3, -0.25) is 4.79 Å². The van der Waals surface area contributed by atoms with Crippen LogP contribution in [-0.4, -0.2) is 11.9 Å². The van der Waals surface area contributed by atoms with Crippen molar-refractivity contribution in [1.29, 1.82) is 0 Å². The zero-order valence-corrected chi connectivity index (χ0v) is 12.7. The molecule has 1 N–H and O–H groups in total. The van der Waals surface area contributed by atoms with Gasteiger partial charge in [0, 0.05) is 11.6 Å². The van der Waals surface area contributed by atoms with Crippen molar-refractivity contribution in [3.63, 3.8) is 0 Å². The molecule has 1 aromatic carbocycles. The second-order valence-electron chi connectivity index (χ2n) is 5.65. The Morgan fingerprint density at radius 3 is 2.26 bits per heavy atom. The Kier molecular flexibility index (Phi) is 6.61. The van der Waals surface area contributed by atoms with Gasteiger partial charge in [-0.15, -0.1) is 0 Å². The monoisotopic (exact) mass is 261 g/mol. The first-order chi connectivity index (χ1) is 9.04. The second kappa shape index (κ2) is 7.98. The van der Waals surface area contributed by atoms with Crippen LogP contribution in [0.25, 0.3) is 0 Å². The fourth-order valence-corrected chi connectivity index (χ4v) is 2.10. The van der Waals surface area contributed by atoms with Crippen molar-refractivity contribution in [2.75, 3.05) is 0 Å². The molecule has 2 nitrogen and oxygen atoms in total. The van der Waals surface area contributed by atoms with Gasteiger partial charge in [-0.1, -0.05) is 52.2 Å². The molecule has 0 bridgehead atoms. The number of nitrogens with one attached hydrogen (secondary N) is 1. The highest BCUT2D eigenvalue weighted by Gasteiger charge is 2.09. The molecular formula is C17H27NO. The van der Waals surface area contributed by atoms with Crippen LogP contribution in [0.5, 0.6) is 0 Å². The van der Waals surface area contributed by atoms with E-state index in [-0.39, 0.29) is 11.9 Å². The van der Waals surface area contributed by atoms with E-state index in [0.29, 0.717) is 5.92 Å². The summed E-state index contributed by atoms with van der Waals surface area (Å²) in [5, 5.41) is 3.06. The summed E-state index contributed by atoms with van der Waals surface area (Å²) in [4.78, 5) is 12.1. The number of carbonyl (C=O) groups is 1. The highest BCUT2D eigenvalue weighted by Crippen LogP contribution is 2.14. The molecule has 0 aliphatic rings. The smallest absolute Gasteiger partial charge is 0.251 e. The Morgan fingerprint density at radius 2 is 1.74 bits per heavy atom. The lowest BCUT2D eigenvalue weighted by Crippen LogP contribution is -2.32. The first-order valence-electron chi connectivity index (χ1n) is 7.45. The quantitative estimate of drug-likeness (QED) is 0.719. The summed E-state index contributed by atoms with van der Waals surface area (Å²) < 4.78 is 0. The lowest BCUT2D eigenvalue weighted by Gasteiger charge is -2.14. The summed E-state index contributed by atoms with van der Waals surface area (Å²) in [7, 11) is 0. The Bertz CT molecular complexity index is 381. The van der Waals surface area contributed by atoms with Crippen LogP contribution < -0.4 is 5.32 Å². The van der Waals surface area contributed by atoms with Gasteiger partial charge < -0.3 is 5.32 Å². The largest absolute Gasteiger partial charge is 0.350 e. The maximum Gasteiger partial charge on any atom is 0.251 e. The normalized spacial score (nSPS) is 12.5. The molecule has 0 unspecified atom stereocenters. The average molecular weight is 261 g/mol. The minimum absolute atomic E-state index is 0.0410. The lowest BCUT2D eigenvalue weighted by atomic mass is 10.0. The topological polar surface area (TPSA) is 29.1 Å². The lowest BCUT2D eigenvalue weighted by molar-refractivity contribution is 0.0938. The number of hydrogen-bond donors (Lipinski definition) is 1. The third-order valence-electron chi connectivity index (χ3n) is 3.46. The number of hydrogen-bond acceptors (Lipinski definition) is 1. The van der Waals surface area contributed by atoms with Gasteiger partial charge in [0.15, 0.2) is 0 Å². The maximum absolute atomic E-state index is 12.1. The van der Waals surface area contributed by atoms with E-state index >= 15 is 0 Å². The molecule has 0 saturated heterocycles. The van der Waals surface area contributed by atoms with Crippen molar-refractivity contribution in [3.8, 4) is 0 Å². The molecule has 1 amide bonds. The third kappa shape index (κ3) is 5.46. The zero-order valence-electron chi connectivity index (χ0n) is 12.7. The van der Waals surface area contributed by atoms with Crippen molar-refractivity contribution in [2.24, 2.45) is 0 Å². The van der Waals surface area contributed by atoms with Crippen LogP contribution in [0.4, 0.5) is 0 Å². The zero-order chi connectivity index (χ0) is 14.3. The molecule has 106 valence electrons. The molecule has 0 aliphatic heterocycles. The molecule has 1 atom stereocenters. The average Bonchev–Trinajstić information content (AvgIpc) is 2.39. The highest BCUT2D eigenvalue weighted by molar-refractivity contribution is 5.94. The summed E-state index contributed by atoms with van der Waals surface area (Å²) in [5.41, 5.74) is 2.03. The van der Waals surface area contributed by atoms with E-state index in [1.54, 1.807) is 0 Å². The number of amides is 1. The number of rotatable bonds is 7. The van der Waals surface area contributed by atoms with Crippen LogP contribution in [0.1, 0.15) is 75.2 Å². The third-order valence-corrected chi connectivity index (χ3v) is 3.46. The summed E-state index contributed by atoms with van der Waals surface area (Å²) in [5.74, 6) is 0.546. The molecular weight excluding hydrogens is 234 g/mol. The minimum atomic E-state index is 0.0410. The molecule has 0 fully saturated rings. The van der Waals surface area contributed by atoms with E-state index in [1.165, 1.54) is 24.8 Å². The van der Waals surface area contributed by atoms with Gasteiger partial charge in [-0.05, 0) is 37.0 Å². The summed E-state index contributed by atoms with van der Waals surface area (Å²) in [6, 6.07) is 8.18. The molecule has 2 heteroatoms. The first-order valence-corrected chi connectivity index (χ1v) is 7.45. The molecule has 0 aliphatic carbocycles. The number of carbonyl (C=O) groups excluding carboxylic acids is 1. The second-order valence-corrected chi connectivity index (χ2v) is 5.65. The standard InChI is InChI=1S/C17H27NO/c1-5-6-7-8-14(4)18-17(19)16-11-9-15(10-12-16)13(2)3/h9-14H,5-8H2,1-4H3,(H,18,19)/t14-/m0/s1. The molecule has 0 heterocycles. The van der Waals surface area contributed by atoms with E-state index < -0.39 is 0 Å². The SMILES string of the molecule is CCCCC[C@H](C)NC(=O)c1ccc(C(C)C)cc1. The van der Waals surface area contributed by atoms with Crippen molar-refractivity contribution in [3.05, 3.63) is 35.4 Å². The van der Waals surface area contributed by atoms with E-state index in [4.69, 9.17) is 0 Å². The first kappa shape index (κ1) is 15.7. The Labute approximate surface area is 117 Å². The Balaban J connectivity index is 2.48. The van der Waals surface area contributed by atoms with Gasteiger partial charge in [0.05, 0.1) is 0 Å². The van der Waals surface area contributed by atoms with Gasteiger partial charge in [0.2, 0.25) is 0 Å². The minimum Gasteiger partial charge on any atom is -0.350 e. The maximum atomic E-state index is 12.1. The van der Waals surface area contributed by atoms with Crippen LogP contribution in [0.3, 0.4) is 0 Å². The molecule has 1 aromatic rings. The van der Waals surface area contributed by atoms with Crippen LogP contribution in [0.15, 0.2) is 24.3 Å². The summed E-state index contributed by atoms with van der Waals surface area (Å²) >= 11 is 0. The predicted molar refractivity (Wildman–Crippen MR) is 81.6 cm³/mol. The van der Waals surface area contributed by atoms with Gasteiger partial charge >= 0.3 is 0 Å².